The number of rotatable bonds is 3. The summed E-state index contributed by atoms with van der Waals surface area (Å²) in [5.74, 6) is 0.352. The van der Waals surface area contributed by atoms with Gasteiger partial charge < -0.3 is 25.4 Å². The summed E-state index contributed by atoms with van der Waals surface area (Å²) >= 11 is 0. The number of hydrogen-bond acceptors (Lipinski definition) is 7. The fraction of sp³-hybridized carbons (Fsp3) is 0.600. The van der Waals surface area contributed by atoms with E-state index in [1.165, 1.54) is 6.20 Å². The lowest BCUT2D eigenvalue weighted by molar-refractivity contribution is -0.0154. The normalized spacial score (nSPS) is 31.6. The molecule has 8 nitrogen and oxygen atoms in total. The van der Waals surface area contributed by atoms with E-state index >= 15 is 0 Å². The summed E-state index contributed by atoms with van der Waals surface area (Å²) in [4.78, 5) is 17.1. The number of aliphatic hydroxyl groups is 3. The summed E-state index contributed by atoms with van der Waals surface area (Å²) in [6.07, 6.45) is -2.76. The second kappa shape index (κ2) is 5.02. The molecule has 4 atom stereocenters. The third kappa shape index (κ3) is 2.36. The number of ether oxygens (including phenoxy) is 1. The van der Waals surface area contributed by atoms with Crippen LogP contribution in [-0.2, 0) is 4.74 Å². The van der Waals surface area contributed by atoms with Crippen molar-refractivity contribution in [2.45, 2.75) is 31.5 Å². The maximum absolute atomic E-state index is 11.1. The zero-order chi connectivity index (χ0) is 13.3. The van der Waals surface area contributed by atoms with E-state index in [1.54, 1.807) is 6.92 Å². The Labute approximate surface area is 102 Å². The van der Waals surface area contributed by atoms with Crippen LogP contribution in [-0.4, -0.2) is 56.4 Å². The molecular formula is C10H15N3O5. The van der Waals surface area contributed by atoms with Crippen LogP contribution < -0.4 is 11.0 Å². The molecule has 8 heteroatoms. The number of anilines is 1. The van der Waals surface area contributed by atoms with Gasteiger partial charge in [-0.2, -0.15) is 0 Å². The second-order valence-electron chi connectivity index (χ2n) is 4.15. The Morgan fingerprint density at radius 3 is 2.83 bits per heavy atom. The fourth-order valence-corrected chi connectivity index (χ4v) is 1.77. The van der Waals surface area contributed by atoms with E-state index in [-0.39, 0.29) is 0 Å². The van der Waals surface area contributed by atoms with Gasteiger partial charge in [0.25, 0.3) is 0 Å². The molecule has 1 aliphatic rings. The monoisotopic (exact) mass is 257 g/mol. The molecule has 0 amide bonds. The Kier molecular flexibility index (Phi) is 3.62. The molecule has 100 valence electrons. The first-order chi connectivity index (χ1) is 8.52. The fourth-order valence-electron chi connectivity index (χ4n) is 1.77. The average molecular weight is 257 g/mol. The summed E-state index contributed by atoms with van der Waals surface area (Å²) in [5.41, 5.74) is 0.127. The molecule has 0 spiro atoms. The minimum Gasteiger partial charge on any atom is -0.394 e. The molecule has 0 radical (unpaired) electrons. The van der Waals surface area contributed by atoms with Gasteiger partial charge in [-0.25, -0.2) is 9.78 Å². The van der Waals surface area contributed by atoms with Crippen LogP contribution in [0.25, 0.3) is 0 Å². The van der Waals surface area contributed by atoms with Crippen molar-refractivity contribution >= 4 is 5.82 Å². The van der Waals surface area contributed by atoms with Gasteiger partial charge in [0.1, 0.15) is 24.1 Å². The van der Waals surface area contributed by atoms with Crippen molar-refractivity contribution in [1.82, 2.24) is 9.97 Å². The molecule has 18 heavy (non-hydrogen) atoms. The van der Waals surface area contributed by atoms with E-state index in [0.29, 0.717) is 11.4 Å². The van der Waals surface area contributed by atoms with Gasteiger partial charge in [-0.3, -0.25) is 4.98 Å². The number of aromatic amines is 1. The molecule has 0 aromatic carbocycles. The molecule has 1 unspecified atom stereocenters. The second-order valence-corrected chi connectivity index (χ2v) is 4.15. The molecule has 1 aliphatic heterocycles. The zero-order valence-electron chi connectivity index (χ0n) is 9.70. The highest BCUT2D eigenvalue weighted by Gasteiger charge is 2.42. The van der Waals surface area contributed by atoms with Crippen LogP contribution in [0.4, 0.5) is 5.82 Å². The number of hydrogen-bond donors (Lipinski definition) is 5. The zero-order valence-corrected chi connectivity index (χ0v) is 9.70. The van der Waals surface area contributed by atoms with Gasteiger partial charge in [0.15, 0.2) is 6.23 Å². The van der Waals surface area contributed by atoms with E-state index in [1.807, 2.05) is 0 Å². The van der Waals surface area contributed by atoms with Crippen molar-refractivity contribution in [3.8, 4) is 0 Å². The van der Waals surface area contributed by atoms with Gasteiger partial charge in [-0.05, 0) is 6.92 Å². The van der Waals surface area contributed by atoms with Crippen LogP contribution >= 0.6 is 0 Å². The molecule has 2 heterocycles. The number of H-pyrrole nitrogens is 1. The molecule has 5 N–H and O–H groups in total. The van der Waals surface area contributed by atoms with Crippen LogP contribution in [0.15, 0.2) is 11.0 Å². The first-order valence-corrected chi connectivity index (χ1v) is 5.48. The highest BCUT2D eigenvalue weighted by molar-refractivity contribution is 5.42. The quantitative estimate of drug-likeness (QED) is 0.421. The van der Waals surface area contributed by atoms with Gasteiger partial charge >= 0.3 is 5.69 Å². The topological polar surface area (TPSA) is 128 Å². The largest absolute Gasteiger partial charge is 0.394 e. The highest BCUT2D eigenvalue weighted by atomic mass is 16.6. The number of aliphatic hydroxyl groups excluding tert-OH is 3. The average Bonchev–Trinajstić information content (AvgIpc) is 2.62. The van der Waals surface area contributed by atoms with Gasteiger partial charge in [0, 0.05) is 11.8 Å². The molecular weight excluding hydrogens is 242 g/mol. The van der Waals surface area contributed by atoms with Crippen molar-refractivity contribution in [3.05, 3.63) is 22.2 Å². The lowest BCUT2D eigenvalue weighted by atomic mass is 10.1. The smallest absolute Gasteiger partial charge is 0.346 e. The number of nitrogens with one attached hydrogen (secondary N) is 2. The van der Waals surface area contributed by atoms with Gasteiger partial charge in [-0.1, -0.05) is 0 Å². The predicted molar refractivity (Wildman–Crippen MR) is 61.0 cm³/mol. The number of aromatic nitrogens is 2. The summed E-state index contributed by atoms with van der Waals surface area (Å²) in [6.45, 7) is 1.31. The molecule has 1 saturated heterocycles. The summed E-state index contributed by atoms with van der Waals surface area (Å²) < 4.78 is 5.23. The maximum atomic E-state index is 11.1. The van der Waals surface area contributed by atoms with Crippen molar-refractivity contribution in [2.24, 2.45) is 0 Å². The van der Waals surface area contributed by atoms with Crippen LogP contribution in [0.3, 0.4) is 0 Å². The molecule has 1 fully saturated rings. The Morgan fingerprint density at radius 1 is 1.50 bits per heavy atom. The van der Waals surface area contributed by atoms with Crippen LogP contribution in [0.2, 0.25) is 0 Å². The van der Waals surface area contributed by atoms with Crippen molar-refractivity contribution in [1.29, 1.82) is 0 Å². The Hall–Kier alpha value is -1.48. The maximum Gasteiger partial charge on any atom is 0.346 e. The minimum atomic E-state index is -1.20. The lowest BCUT2D eigenvalue weighted by Gasteiger charge is -2.18. The van der Waals surface area contributed by atoms with Crippen LogP contribution in [0, 0.1) is 6.92 Å². The van der Waals surface area contributed by atoms with Crippen LogP contribution in [0.1, 0.15) is 5.56 Å². The third-order valence-corrected chi connectivity index (χ3v) is 2.83. The van der Waals surface area contributed by atoms with E-state index in [4.69, 9.17) is 9.84 Å². The van der Waals surface area contributed by atoms with E-state index in [2.05, 4.69) is 15.3 Å². The minimum absolute atomic E-state index is 0.352. The molecule has 1 aromatic rings. The van der Waals surface area contributed by atoms with Crippen molar-refractivity contribution < 1.29 is 20.1 Å². The Bertz CT molecular complexity index is 477. The summed E-state index contributed by atoms with van der Waals surface area (Å²) in [7, 11) is 0. The van der Waals surface area contributed by atoms with E-state index < -0.39 is 36.8 Å². The lowest BCUT2D eigenvalue weighted by Crippen LogP contribution is -2.37. The third-order valence-electron chi connectivity index (χ3n) is 2.83. The predicted octanol–water partition coefficient (Wildman–Crippen LogP) is -2.07. The molecule has 0 saturated carbocycles. The molecule has 1 aromatic heterocycles. The van der Waals surface area contributed by atoms with Crippen molar-refractivity contribution in [3.63, 3.8) is 0 Å². The first kappa shape index (κ1) is 13.0. The first-order valence-electron chi connectivity index (χ1n) is 5.48. The van der Waals surface area contributed by atoms with Crippen LogP contribution in [0.5, 0.6) is 0 Å². The SMILES string of the molecule is Cc1cnc(=O)[nH]c1NC1O[C@H](CO)[C@@H](O)[C@@H]1O. The van der Waals surface area contributed by atoms with Gasteiger partial charge in [-0.15, -0.1) is 0 Å². The number of nitrogens with zero attached hydrogens (tertiary/aromatic N) is 1. The standard InChI is InChI=1S/C10H15N3O5/c1-4-2-11-10(17)13-8(4)12-9-7(16)6(15)5(3-14)18-9/h2,5-7,9,14-16H,3H2,1H3,(H2,11,12,13,17)/t5-,6-,7+,9?/m1/s1. The van der Waals surface area contributed by atoms with E-state index in [0.717, 1.165) is 0 Å². The van der Waals surface area contributed by atoms with Gasteiger partial charge in [0.2, 0.25) is 0 Å². The Morgan fingerprint density at radius 2 is 2.22 bits per heavy atom. The molecule has 2 rings (SSSR count). The number of aryl methyl sites for hydroxylation is 1. The van der Waals surface area contributed by atoms with Gasteiger partial charge in [0.05, 0.1) is 6.61 Å². The Balaban J connectivity index is 2.15. The van der Waals surface area contributed by atoms with Crippen molar-refractivity contribution in [2.75, 3.05) is 11.9 Å². The molecule has 0 bridgehead atoms. The summed E-state index contributed by atoms with van der Waals surface area (Å²) in [6, 6.07) is 0. The summed E-state index contributed by atoms with van der Waals surface area (Å²) in [5, 5.41) is 31.0. The van der Waals surface area contributed by atoms with E-state index in [9.17, 15) is 15.0 Å². The molecule has 0 aliphatic carbocycles. The highest BCUT2D eigenvalue weighted by Crippen LogP contribution is 2.22.